The van der Waals surface area contributed by atoms with Crippen molar-refractivity contribution in [3.63, 3.8) is 0 Å². The zero-order chi connectivity index (χ0) is 18.1. The van der Waals surface area contributed by atoms with Crippen molar-refractivity contribution >= 4 is 17.2 Å². The molecule has 4 rings (SSSR count). The molecule has 0 aromatic carbocycles. The van der Waals surface area contributed by atoms with Gasteiger partial charge in [0.2, 0.25) is 0 Å². The van der Waals surface area contributed by atoms with E-state index in [2.05, 4.69) is 20.4 Å². The van der Waals surface area contributed by atoms with Crippen LogP contribution in [0.5, 0.6) is 0 Å². The maximum Gasteiger partial charge on any atom is 0.253 e. The van der Waals surface area contributed by atoms with E-state index >= 15 is 0 Å². The number of rotatable bonds is 3. The third kappa shape index (κ3) is 2.99. The highest BCUT2D eigenvalue weighted by molar-refractivity contribution is 6.05. The van der Waals surface area contributed by atoms with Crippen molar-refractivity contribution in [2.24, 2.45) is 5.73 Å². The fourth-order valence-electron chi connectivity index (χ4n) is 3.50. The summed E-state index contributed by atoms with van der Waals surface area (Å²) in [6.45, 7) is 0. The molecule has 3 aromatic rings. The smallest absolute Gasteiger partial charge is 0.253 e. The second-order valence-electron chi connectivity index (χ2n) is 6.67. The zero-order valence-electron chi connectivity index (χ0n) is 14.3. The van der Waals surface area contributed by atoms with Crippen LogP contribution in [0.25, 0.3) is 16.8 Å². The van der Waals surface area contributed by atoms with Crippen LogP contribution in [0.4, 0.5) is 5.82 Å². The van der Waals surface area contributed by atoms with E-state index in [0.717, 1.165) is 36.9 Å². The maximum atomic E-state index is 12.9. The number of aromatic nitrogens is 4. The lowest BCUT2D eigenvalue weighted by molar-refractivity contribution is 0.0927. The monoisotopic (exact) mass is 351 g/mol. The Bertz CT molecular complexity index is 929. The van der Waals surface area contributed by atoms with E-state index in [1.807, 2.05) is 12.1 Å². The van der Waals surface area contributed by atoms with Crippen molar-refractivity contribution in [2.45, 2.75) is 37.8 Å². The molecule has 3 aromatic heterocycles. The predicted molar refractivity (Wildman–Crippen MR) is 98.3 cm³/mol. The van der Waals surface area contributed by atoms with Crippen molar-refractivity contribution in [3.8, 4) is 11.3 Å². The highest BCUT2D eigenvalue weighted by atomic mass is 16.1. The van der Waals surface area contributed by atoms with Crippen molar-refractivity contribution in [3.05, 3.63) is 42.5 Å². The molecule has 26 heavy (non-hydrogen) atoms. The number of fused-ring (bicyclic) bond motifs is 1. The van der Waals surface area contributed by atoms with Gasteiger partial charge in [-0.15, -0.1) is 0 Å². The normalized spacial score (nSPS) is 20.2. The number of nitrogens with zero attached hydrogens (tertiary/aromatic N) is 4. The van der Waals surface area contributed by atoms with Crippen LogP contribution in [0.3, 0.4) is 0 Å². The summed E-state index contributed by atoms with van der Waals surface area (Å²) in [6, 6.07) is 5.90. The number of carbonyl (C=O) groups excluding carboxylic acids is 1. The van der Waals surface area contributed by atoms with Crippen LogP contribution in [-0.4, -0.2) is 37.6 Å². The van der Waals surface area contributed by atoms with Crippen LogP contribution >= 0.6 is 0 Å². The standard InChI is InChI=1S/C18H21N7O/c19-12-1-3-13(4-2-12)24-18(26)14-9-15(11-5-7-21-8-6-11)25-16(14)17(20)22-10-23-25/h5-10,12-13H,1-4,19H2,(H,24,26)(H2,20,22,23). The van der Waals surface area contributed by atoms with Crippen LogP contribution in [0.1, 0.15) is 36.0 Å². The first-order valence-corrected chi connectivity index (χ1v) is 8.72. The molecular weight excluding hydrogens is 330 g/mol. The SMILES string of the molecule is Nc1ncnn2c(-c3ccncc3)cc(C(=O)NC3CCC(N)CC3)c12. The molecular formula is C18H21N7O. The minimum absolute atomic E-state index is 0.132. The summed E-state index contributed by atoms with van der Waals surface area (Å²) >= 11 is 0. The first kappa shape index (κ1) is 16.5. The summed E-state index contributed by atoms with van der Waals surface area (Å²) in [5.41, 5.74) is 14.7. The molecule has 1 aliphatic carbocycles. The van der Waals surface area contributed by atoms with Crippen LogP contribution in [0.15, 0.2) is 36.9 Å². The Morgan fingerprint density at radius 2 is 1.92 bits per heavy atom. The molecule has 1 saturated carbocycles. The fraction of sp³-hybridized carbons (Fsp3) is 0.333. The van der Waals surface area contributed by atoms with Gasteiger partial charge in [-0.25, -0.2) is 9.50 Å². The predicted octanol–water partition coefficient (Wildman–Crippen LogP) is 1.37. The second-order valence-corrected chi connectivity index (χ2v) is 6.67. The van der Waals surface area contributed by atoms with Crippen LogP contribution in [-0.2, 0) is 0 Å². The van der Waals surface area contributed by atoms with E-state index in [9.17, 15) is 4.79 Å². The number of hydrogen-bond donors (Lipinski definition) is 3. The van der Waals surface area contributed by atoms with Crippen molar-refractivity contribution in [2.75, 3.05) is 5.73 Å². The lowest BCUT2D eigenvalue weighted by Gasteiger charge is -2.26. The zero-order valence-corrected chi connectivity index (χ0v) is 14.3. The average Bonchev–Trinajstić information content (AvgIpc) is 3.05. The van der Waals surface area contributed by atoms with Gasteiger partial charge in [0.15, 0.2) is 5.82 Å². The van der Waals surface area contributed by atoms with Crippen LogP contribution in [0, 0.1) is 0 Å². The number of amides is 1. The molecule has 0 aliphatic heterocycles. The van der Waals surface area contributed by atoms with Gasteiger partial charge in [0.05, 0.1) is 11.3 Å². The van der Waals surface area contributed by atoms with Gasteiger partial charge < -0.3 is 16.8 Å². The molecule has 1 amide bonds. The molecule has 1 fully saturated rings. The molecule has 1 aliphatic rings. The summed E-state index contributed by atoms with van der Waals surface area (Å²) in [5.74, 6) is 0.112. The van der Waals surface area contributed by atoms with Gasteiger partial charge in [-0.1, -0.05) is 0 Å². The third-order valence-corrected chi connectivity index (χ3v) is 4.91. The van der Waals surface area contributed by atoms with E-state index in [4.69, 9.17) is 11.5 Å². The Morgan fingerprint density at radius 1 is 1.19 bits per heavy atom. The van der Waals surface area contributed by atoms with E-state index < -0.39 is 0 Å². The summed E-state index contributed by atoms with van der Waals surface area (Å²) in [6.07, 6.45) is 8.42. The van der Waals surface area contributed by atoms with Gasteiger partial charge in [-0.05, 0) is 43.9 Å². The molecule has 0 spiro atoms. The van der Waals surface area contributed by atoms with Crippen molar-refractivity contribution in [1.29, 1.82) is 0 Å². The number of carbonyl (C=O) groups is 1. The summed E-state index contributed by atoms with van der Waals surface area (Å²) in [5, 5.41) is 7.40. The van der Waals surface area contributed by atoms with Gasteiger partial charge in [0.25, 0.3) is 5.91 Å². The molecule has 0 saturated heterocycles. The second kappa shape index (κ2) is 6.72. The Hall–Kier alpha value is -3.00. The van der Waals surface area contributed by atoms with Gasteiger partial charge in [-0.3, -0.25) is 9.78 Å². The Kier molecular flexibility index (Phi) is 4.26. The number of hydrogen-bond acceptors (Lipinski definition) is 6. The summed E-state index contributed by atoms with van der Waals surface area (Å²) < 4.78 is 1.66. The highest BCUT2D eigenvalue weighted by Gasteiger charge is 2.24. The Morgan fingerprint density at radius 3 is 2.65 bits per heavy atom. The number of pyridine rings is 1. The minimum atomic E-state index is -0.162. The fourth-order valence-corrected chi connectivity index (χ4v) is 3.50. The largest absolute Gasteiger partial charge is 0.382 e. The number of nitrogens with one attached hydrogen (secondary N) is 1. The van der Waals surface area contributed by atoms with E-state index in [0.29, 0.717) is 11.1 Å². The first-order valence-electron chi connectivity index (χ1n) is 8.72. The average molecular weight is 351 g/mol. The third-order valence-electron chi connectivity index (χ3n) is 4.91. The molecule has 8 nitrogen and oxygen atoms in total. The van der Waals surface area contributed by atoms with Crippen molar-refractivity contribution < 1.29 is 4.79 Å². The van der Waals surface area contributed by atoms with Gasteiger partial charge in [0, 0.05) is 30.0 Å². The Labute approximate surface area is 150 Å². The summed E-state index contributed by atoms with van der Waals surface area (Å²) in [7, 11) is 0. The van der Waals surface area contributed by atoms with Gasteiger partial charge in [0.1, 0.15) is 11.8 Å². The van der Waals surface area contributed by atoms with E-state index in [1.165, 1.54) is 6.33 Å². The molecule has 0 atom stereocenters. The van der Waals surface area contributed by atoms with E-state index in [-0.39, 0.29) is 23.8 Å². The molecule has 5 N–H and O–H groups in total. The topological polar surface area (TPSA) is 124 Å². The number of nitrogens with two attached hydrogens (primary N) is 2. The van der Waals surface area contributed by atoms with Gasteiger partial charge in [-0.2, -0.15) is 5.10 Å². The molecule has 8 heteroatoms. The number of anilines is 1. The minimum Gasteiger partial charge on any atom is -0.382 e. The number of nitrogen functional groups attached to an aromatic ring is 1. The van der Waals surface area contributed by atoms with Gasteiger partial charge >= 0.3 is 0 Å². The first-order chi connectivity index (χ1) is 12.6. The van der Waals surface area contributed by atoms with E-state index in [1.54, 1.807) is 23.0 Å². The van der Waals surface area contributed by atoms with Crippen molar-refractivity contribution in [1.82, 2.24) is 24.9 Å². The molecule has 0 radical (unpaired) electrons. The van der Waals surface area contributed by atoms with Crippen LogP contribution in [0.2, 0.25) is 0 Å². The lowest BCUT2D eigenvalue weighted by Crippen LogP contribution is -2.40. The van der Waals surface area contributed by atoms with Crippen LogP contribution < -0.4 is 16.8 Å². The summed E-state index contributed by atoms with van der Waals surface area (Å²) in [4.78, 5) is 21.0. The molecule has 134 valence electrons. The Balaban J connectivity index is 1.72. The molecule has 3 heterocycles. The quantitative estimate of drug-likeness (QED) is 0.655. The lowest BCUT2D eigenvalue weighted by atomic mass is 9.91. The highest BCUT2D eigenvalue weighted by Crippen LogP contribution is 2.28. The maximum absolute atomic E-state index is 12.9. The molecule has 0 bridgehead atoms. The molecule has 0 unspecified atom stereocenters.